The molecule has 0 aromatic heterocycles. The van der Waals surface area contributed by atoms with Crippen LogP contribution in [0.4, 0.5) is 0 Å². The summed E-state index contributed by atoms with van der Waals surface area (Å²) in [7, 11) is 0. The fourth-order valence-electron chi connectivity index (χ4n) is 4.67. The largest absolute Gasteiger partial charge is 0.507 e. The Hall–Kier alpha value is -2.54. The minimum Gasteiger partial charge on any atom is -0.507 e. The first-order valence-corrected chi connectivity index (χ1v) is 12.3. The molecule has 0 spiro atoms. The number of carbonyl (C=O) groups is 2. The van der Waals surface area contributed by atoms with Crippen LogP contribution in [-0.2, 0) is 16.0 Å². The summed E-state index contributed by atoms with van der Waals surface area (Å²) in [5, 5.41) is 12.1. The van der Waals surface area contributed by atoms with Gasteiger partial charge in [0.2, 0.25) is 0 Å². The van der Waals surface area contributed by atoms with Gasteiger partial charge in [-0.1, -0.05) is 43.1 Å². The van der Waals surface area contributed by atoms with Crippen LogP contribution in [0.2, 0.25) is 10.0 Å². The zero-order valence-corrected chi connectivity index (χ0v) is 21.0. The average Bonchev–Trinajstić information content (AvgIpc) is 3.30. The Kier molecular flexibility index (Phi) is 7.22. The van der Waals surface area contributed by atoms with E-state index in [1.54, 1.807) is 30.3 Å². The zero-order valence-electron chi connectivity index (χ0n) is 19.5. The van der Waals surface area contributed by atoms with Crippen molar-refractivity contribution in [3.63, 3.8) is 0 Å². The zero-order chi connectivity index (χ0) is 24.6. The molecular weight excluding hydrogens is 475 g/mol. The Bertz CT molecular complexity index is 1160. The molecular formula is C26H28Cl2N2O4. The van der Waals surface area contributed by atoms with E-state index < -0.39 is 17.7 Å². The molecule has 34 heavy (non-hydrogen) atoms. The van der Waals surface area contributed by atoms with Gasteiger partial charge in [-0.3, -0.25) is 9.59 Å². The molecule has 4 rings (SSSR count). The molecule has 0 bridgehead atoms. The number of halogens is 2. The lowest BCUT2D eigenvalue weighted by molar-refractivity contribution is -0.140. The summed E-state index contributed by atoms with van der Waals surface area (Å²) in [5.74, 6) is -0.830. The van der Waals surface area contributed by atoms with Gasteiger partial charge in [0, 0.05) is 35.1 Å². The first kappa shape index (κ1) is 24.6. The smallest absolute Gasteiger partial charge is 0.295 e. The van der Waals surface area contributed by atoms with E-state index in [0.717, 1.165) is 24.4 Å². The lowest BCUT2D eigenvalue weighted by atomic mass is 9.94. The van der Waals surface area contributed by atoms with Crippen LogP contribution in [0.25, 0.3) is 5.76 Å². The lowest BCUT2D eigenvalue weighted by Gasteiger charge is -2.28. The summed E-state index contributed by atoms with van der Waals surface area (Å²) in [6, 6.07) is 9.45. The SMILES string of the molecule is CCN(CC)CCN1C(=O)C(=O)/C(=C(/O)c2ccc3c(c2)CC(C)O3)C1c1ccc(Cl)cc1Cl. The fraction of sp³-hybridized carbons (Fsp3) is 0.385. The third-order valence-corrected chi connectivity index (χ3v) is 7.08. The molecule has 2 unspecified atom stereocenters. The standard InChI is InChI=1S/C26H28Cl2N2O4/c1-4-29(5-2)10-11-30-23(19-8-7-18(27)14-20(19)28)22(25(32)26(30)33)24(31)16-6-9-21-17(13-16)12-15(3)34-21/h6-9,13-15,23,31H,4-5,10-12H2,1-3H3/b24-22+. The maximum Gasteiger partial charge on any atom is 0.295 e. The summed E-state index contributed by atoms with van der Waals surface area (Å²) >= 11 is 12.6. The molecule has 2 aromatic rings. The highest BCUT2D eigenvalue weighted by Crippen LogP contribution is 2.43. The fourth-order valence-corrected chi connectivity index (χ4v) is 5.18. The highest BCUT2D eigenvalue weighted by Gasteiger charge is 2.46. The topological polar surface area (TPSA) is 70.1 Å². The van der Waals surface area contributed by atoms with E-state index in [4.69, 9.17) is 27.9 Å². The monoisotopic (exact) mass is 502 g/mol. The molecule has 180 valence electrons. The first-order valence-electron chi connectivity index (χ1n) is 11.5. The van der Waals surface area contributed by atoms with Gasteiger partial charge in [-0.05, 0) is 61.5 Å². The number of likely N-dealkylation sites (tertiary alicyclic amines) is 1. The first-order chi connectivity index (χ1) is 16.2. The molecule has 2 heterocycles. The van der Waals surface area contributed by atoms with Gasteiger partial charge in [-0.2, -0.15) is 0 Å². The van der Waals surface area contributed by atoms with E-state index >= 15 is 0 Å². The van der Waals surface area contributed by atoms with E-state index in [9.17, 15) is 14.7 Å². The number of hydrogen-bond donors (Lipinski definition) is 1. The minimum atomic E-state index is -0.816. The average molecular weight is 503 g/mol. The van der Waals surface area contributed by atoms with Crippen molar-refractivity contribution in [2.45, 2.75) is 39.3 Å². The van der Waals surface area contributed by atoms with Crippen molar-refractivity contribution >= 4 is 40.7 Å². The quantitative estimate of drug-likeness (QED) is 0.324. The predicted molar refractivity (Wildman–Crippen MR) is 133 cm³/mol. The Morgan fingerprint density at radius 2 is 1.88 bits per heavy atom. The maximum atomic E-state index is 13.2. The Labute approximate surface area is 209 Å². The van der Waals surface area contributed by atoms with Crippen molar-refractivity contribution in [3.05, 3.63) is 68.7 Å². The summed E-state index contributed by atoms with van der Waals surface area (Å²) in [6.07, 6.45) is 0.757. The number of carbonyl (C=O) groups excluding carboxylic acids is 2. The van der Waals surface area contributed by atoms with Crippen molar-refractivity contribution in [3.8, 4) is 5.75 Å². The number of ether oxygens (including phenoxy) is 1. The Balaban J connectivity index is 1.81. The van der Waals surface area contributed by atoms with E-state index in [1.807, 2.05) is 26.8 Å². The van der Waals surface area contributed by atoms with Gasteiger partial charge < -0.3 is 19.6 Å². The van der Waals surface area contributed by atoms with E-state index in [-0.39, 0.29) is 17.4 Å². The Morgan fingerprint density at radius 1 is 1.15 bits per heavy atom. The Morgan fingerprint density at radius 3 is 2.56 bits per heavy atom. The molecule has 6 nitrogen and oxygen atoms in total. The van der Waals surface area contributed by atoms with Crippen LogP contribution >= 0.6 is 23.2 Å². The number of Topliss-reactive ketones (excluding diaryl/α,β-unsaturated/α-hetero) is 1. The van der Waals surface area contributed by atoms with Gasteiger partial charge in [-0.15, -0.1) is 0 Å². The van der Waals surface area contributed by atoms with Crippen molar-refractivity contribution < 1.29 is 19.4 Å². The molecule has 2 aliphatic rings. The van der Waals surface area contributed by atoms with Crippen LogP contribution in [0.3, 0.4) is 0 Å². The van der Waals surface area contributed by atoms with Crippen molar-refractivity contribution in [1.82, 2.24) is 9.80 Å². The van der Waals surface area contributed by atoms with Gasteiger partial charge in [0.05, 0.1) is 11.6 Å². The normalized spacial score (nSPS) is 21.3. The highest BCUT2D eigenvalue weighted by atomic mass is 35.5. The number of ketones is 1. The van der Waals surface area contributed by atoms with Gasteiger partial charge in [0.25, 0.3) is 11.7 Å². The van der Waals surface area contributed by atoms with Crippen LogP contribution in [0.1, 0.15) is 43.5 Å². The van der Waals surface area contributed by atoms with Crippen molar-refractivity contribution in [1.29, 1.82) is 0 Å². The minimum absolute atomic E-state index is 0.0284. The molecule has 2 atom stereocenters. The third kappa shape index (κ3) is 4.54. The van der Waals surface area contributed by atoms with Crippen molar-refractivity contribution in [2.24, 2.45) is 0 Å². The second-order valence-electron chi connectivity index (χ2n) is 8.64. The summed E-state index contributed by atoms with van der Waals surface area (Å²) < 4.78 is 5.75. The summed E-state index contributed by atoms with van der Waals surface area (Å²) in [6.45, 7) is 8.62. The molecule has 1 N–H and O–H groups in total. The number of rotatable bonds is 7. The molecule has 1 saturated heterocycles. The lowest BCUT2D eigenvalue weighted by Crippen LogP contribution is -2.38. The molecule has 0 radical (unpaired) electrons. The van der Waals surface area contributed by atoms with Crippen LogP contribution in [0, 0.1) is 0 Å². The number of benzene rings is 2. The number of likely N-dealkylation sites (N-methyl/N-ethyl adjacent to an activating group) is 1. The highest BCUT2D eigenvalue weighted by molar-refractivity contribution is 6.47. The summed E-state index contributed by atoms with van der Waals surface area (Å²) in [5.41, 5.74) is 1.99. The van der Waals surface area contributed by atoms with Gasteiger partial charge in [-0.25, -0.2) is 0 Å². The number of aliphatic hydroxyl groups is 1. The molecule has 2 aromatic carbocycles. The number of nitrogens with zero attached hydrogens (tertiary/aromatic N) is 2. The van der Waals surface area contributed by atoms with Gasteiger partial charge in [0.15, 0.2) is 0 Å². The van der Waals surface area contributed by atoms with Crippen LogP contribution < -0.4 is 4.74 Å². The molecule has 1 fully saturated rings. The number of amides is 1. The second-order valence-corrected chi connectivity index (χ2v) is 9.48. The van der Waals surface area contributed by atoms with E-state index in [1.165, 1.54) is 4.90 Å². The predicted octanol–water partition coefficient (Wildman–Crippen LogP) is 5.08. The van der Waals surface area contributed by atoms with Crippen LogP contribution in [0.5, 0.6) is 5.75 Å². The molecule has 0 aliphatic carbocycles. The third-order valence-electron chi connectivity index (χ3n) is 6.52. The van der Waals surface area contributed by atoms with Gasteiger partial charge >= 0.3 is 0 Å². The van der Waals surface area contributed by atoms with Crippen LogP contribution in [-0.4, -0.2) is 58.9 Å². The molecule has 2 aliphatic heterocycles. The summed E-state index contributed by atoms with van der Waals surface area (Å²) in [4.78, 5) is 30.1. The van der Waals surface area contributed by atoms with E-state index in [2.05, 4.69) is 4.90 Å². The second kappa shape index (κ2) is 9.98. The van der Waals surface area contributed by atoms with Crippen molar-refractivity contribution in [2.75, 3.05) is 26.2 Å². The number of fused-ring (bicyclic) bond motifs is 1. The number of hydrogen-bond acceptors (Lipinski definition) is 5. The molecule has 0 saturated carbocycles. The van der Waals surface area contributed by atoms with Crippen LogP contribution in [0.15, 0.2) is 42.0 Å². The number of aliphatic hydroxyl groups excluding tert-OH is 1. The van der Waals surface area contributed by atoms with Gasteiger partial charge in [0.1, 0.15) is 17.6 Å². The molecule has 1 amide bonds. The maximum absolute atomic E-state index is 13.2. The molecule has 8 heteroatoms. The van der Waals surface area contributed by atoms with E-state index in [0.29, 0.717) is 40.7 Å².